The molecule has 0 radical (unpaired) electrons. The van der Waals surface area contributed by atoms with Crippen LogP contribution in [-0.2, 0) is 4.79 Å². The highest BCUT2D eigenvalue weighted by Gasteiger charge is 2.24. The van der Waals surface area contributed by atoms with Gasteiger partial charge in [0, 0.05) is 5.92 Å². The van der Waals surface area contributed by atoms with Gasteiger partial charge in [-0.05, 0) is 35.8 Å². The monoisotopic (exact) mass is 220 g/mol. The third-order valence-corrected chi connectivity index (χ3v) is 4.15. The van der Waals surface area contributed by atoms with Gasteiger partial charge in [0.15, 0.2) is 0 Å². The molecule has 1 aliphatic heterocycles. The summed E-state index contributed by atoms with van der Waals surface area (Å²) in [5, 5.41) is 0. The molecule has 0 saturated carbocycles. The Balaban J connectivity index is 2.12. The zero-order valence-electron chi connectivity index (χ0n) is 8.76. The van der Waals surface area contributed by atoms with Crippen molar-refractivity contribution in [1.82, 2.24) is 0 Å². The van der Waals surface area contributed by atoms with Gasteiger partial charge >= 0.3 is 0 Å². The molecule has 0 amide bonds. The Hall–Kier alpha value is -0.760. The topological polar surface area (TPSA) is 17.1 Å². The number of carbonyl (C=O) groups excluding carboxylic acids is 1. The predicted octanol–water partition coefficient (Wildman–Crippen LogP) is 3.11. The van der Waals surface area contributed by atoms with Crippen molar-refractivity contribution in [2.24, 2.45) is 5.92 Å². The van der Waals surface area contributed by atoms with Crippen molar-refractivity contribution >= 4 is 18.0 Å². The summed E-state index contributed by atoms with van der Waals surface area (Å²) in [6, 6.07) is 10.2. The molecule has 1 saturated heterocycles. The first kappa shape index (κ1) is 10.7. The maximum Gasteiger partial charge on any atom is 0.127 e. The molecule has 1 fully saturated rings. The molecule has 1 atom stereocenters. The van der Waals surface area contributed by atoms with Crippen LogP contribution in [0.15, 0.2) is 30.3 Å². The van der Waals surface area contributed by atoms with Crippen LogP contribution in [0.25, 0.3) is 0 Å². The lowest BCUT2D eigenvalue weighted by atomic mass is 9.83. The summed E-state index contributed by atoms with van der Waals surface area (Å²) >= 11 is 2.01. The summed E-state index contributed by atoms with van der Waals surface area (Å²) in [5.41, 5.74) is 1.18. The molecule has 0 N–H and O–H groups in total. The fourth-order valence-electron chi connectivity index (χ4n) is 2.21. The minimum absolute atomic E-state index is 0.118. The Kier molecular flexibility index (Phi) is 3.84. The van der Waals surface area contributed by atoms with Gasteiger partial charge in [-0.1, -0.05) is 30.3 Å². The van der Waals surface area contributed by atoms with Gasteiger partial charge in [-0.25, -0.2) is 0 Å². The molecule has 0 aromatic heterocycles. The largest absolute Gasteiger partial charge is 0.303 e. The average Bonchev–Trinajstić information content (AvgIpc) is 2.33. The molecule has 0 spiro atoms. The lowest BCUT2D eigenvalue weighted by molar-refractivity contribution is -0.110. The quantitative estimate of drug-likeness (QED) is 0.728. The fraction of sp³-hybridized carbons (Fsp3) is 0.462. The second-order valence-electron chi connectivity index (χ2n) is 4.02. The SMILES string of the molecule is O=CC(c1ccccc1)C1CCSCC1. The zero-order valence-corrected chi connectivity index (χ0v) is 9.58. The molecule has 1 unspecified atom stereocenters. The number of rotatable bonds is 3. The molecule has 80 valence electrons. The molecular weight excluding hydrogens is 204 g/mol. The van der Waals surface area contributed by atoms with Crippen LogP contribution >= 0.6 is 11.8 Å². The molecule has 0 aliphatic carbocycles. The van der Waals surface area contributed by atoms with Gasteiger partial charge < -0.3 is 4.79 Å². The van der Waals surface area contributed by atoms with E-state index in [1.807, 2.05) is 30.0 Å². The first-order chi connectivity index (χ1) is 7.42. The Labute approximate surface area is 95.3 Å². The van der Waals surface area contributed by atoms with Crippen LogP contribution in [-0.4, -0.2) is 17.8 Å². The van der Waals surface area contributed by atoms with Crippen molar-refractivity contribution in [3.05, 3.63) is 35.9 Å². The second-order valence-corrected chi connectivity index (χ2v) is 5.25. The van der Waals surface area contributed by atoms with E-state index in [1.165, 1.54) is 29.9 Å². The van der Waals surface area contributed by atoms with Gasteiger partial charge in [-0.2, -0.15) is 11.8 Å². The van der Waals surface area contributed by atoms with E-state index in [1.54, 1.807) is 0 Å². The van der Waals surface area contributed by atoms with Crippen LogP contribution in [0, 0.1) is 5.92 Å². The maximum absolute atomic E-state index is 11.2. The smallest absolute Gasteiger partial charge is 0.127 e. The van der Waals surface area contributed by atoms with Gasteiger partial charge in [0.1, 0.15) is 6.29 Å². The highest BCUT2D eigenvalue weighted by Crippen LogP contribution is 2.33. The minimum Gasteiger partial charge on any atom is -0.303 e. The lowest BCUT2D eigenvalue weighted by Gasteiger charge is -2.26. The van der Waals surface area contributed by atoms with E-state index in [2.05, 4.69) is 12.1 Å². The molecule has 1 heterocycles. The van der Waals surface area contributed by atoms with Crippen LogP contribution in [0.2, 0.25) is 0 Å². The van der Waals surface area contributed by atoms with Gasteiger partial charge in [0.25, 0.3) is 0 Å². The van der Waals surface area contributed by atoms with Gasteiger partial charge in [0.2, 0.25) is 0 Å². The van der Waals surface area contributed by atoms with E-state index in [0.717, 1.165) is 6.29 Å². The Morgan fingerprint density at radius 1 is 1.20 bits per heavy atom. The number of benzene rings is 1. The Morgan fingerprint density at radius 3 is 2.47 bits per heavy atom. The Morgan fingerprint density at radius 2 is 1.87 bits per heavy atom. The van der Waals surface area contributed by atoms with E-state index in [9.17, 15) is 4.79 Å². The van der Waals surface area contributed by atoms with Crippen LogP contribution in [0.5, 0.6) is 0 Å². The van der Waals surface area contributed by atoms with Crippen molar-refractivity contribution in [2.75, 3.05) is 11.5 Å². The first-order valence-corrected chi connectivity index (χ1v) is 6.65. The van der Waals surface area contributed by atoms with Crippen molar-refractivity contribution in [3.8, 4) is 0 Å². The third kappa shape index (κ3) is 2.63. The van der Waals surface area contributed by atoms with Gasteiger partial charge in [-0.3, -0.25) is 0 Å². The van der Waals surface area contributed by atoms with Gasteiger partial charge in [-0.15, -0.1) is 0 Å². The van der Waals surface area contributed by atoms with Crippen LogP contribution in [0.4, 0.5) is 0 Å². The molecule has 2 rings (SSSR count). The number of hydrogen-bond acceptors (Lipinski definition) is 2. The fourth-order valence-corrected chi connectivity index (χ4v) is 3.35. The number of carbonyl (C=O) groups is 1. The van der Waals surface area contributed by atoms with Crippen molar-refractivity contribution in [3.63, 3.8) is 0 Å². The van der Waals surface area contributed by atoms with Crippen molar-refractivity contribution < 1.29 is 4.79 Å². The molecule has 15 heavy (non-hydrogen) atoms. The number of hydrogen-bond donors (Lipinski definition) is 0. The maximum atomic E-state index is 11.2. The summed E-state index contributed by atoms with van der Waals surface area (Å²) in [6.45, 7) is 0. The summed E-state index contributed by atoms with van der Waals surface area (Å²) in [7, 11) is 0. The van der Waals surface area contributed by atoms with Crippen molar-refractivity contribution in [1.29, 1.82) is 0 Å². The molecule has 0 bridgehead atoms. The van der Waals surface area contributed by atoms with Crippen LogP contribution < -0.4 is 0 Å². The zero-order chi connectivity index (χ0) is 10.5. The molecule has 2 heteroatoms. The average molecular weight is 220 g/mol. The normalized spacial score (nSPS) is 19.7. The van der Waals surface area contributed by atoms with E-state index < -0.39 is 0 Å². The van der Waals surface area contributed by atoms with E-state index in [4.69, 9.17) is 0 Å². The molecule has 1 aromatic carbocycles. The molecule has 1 aliphatic rings. The minimum atomic E-state index is 0.118. The third-order valence-electron chi connectivity index (χ3n) is 3.10. The highest BCUT2D eigenvalue weighted by atomic mass is 32.2. The summed E-state index contributed by atoms with van der Waals surface area (Å²) < 4.78 is 0. The van der Waals surface area contributed by atoms with Crippen LogP contribution in [0.1, 0.15) is 24.3 Å². The lowest BCUT2D eigenvalue weighted by Crippen LogP contribution is -2.19. The number of aldehydes is 1. The molecule has 1 nitrogen and oxygen atoms in total. The van der Waals surface area contributed by atoms with Gasteiger partial charge in [0.05, 0.1) is 0 Å². The van der Waals surface area contributed by atoms with Crippen molar-refractivity contribution in [2.45, 2.75) is 18.8 Å². The summed E-state index contributed by atoms with van der Waals surface area (Å²) in [6.07, 6.45) is 3.50. The summed E-state index contributed by atoms with van der Waals surface area (Å²) in [4.78, 5) is 11.2. The Bertz CT molecular complexity index is 304. The second kappa shape index (κ2) is 5.36. The molecular formula is C13H16OS. The molecule has 1 aromatic rings. The highest BCUT2D eigenvalue weighted by molar-refractivity contribution is 7.99. The van der Waals surface area contributed by atoms with E-state index >= 15 is 0 Å². The predicted molar refractivity (Wildman–Crippen MR) is 65.3 cm³/mol. The van der Waals surface area contributed by atoms with E-state index in [0.29, 0.717) is 5.92 Å². The van der Waals surface area contributed by atoms with E-state index in [-0.39, 0.29) is 5.92 Å². The number of thioether (sulfide) groups is 1. The standard InChI is InChI=1S/C13H16OS/c14-10-13(11-4-2-1-3-5-11)12-6-8-15-9-7-12/h1-5,10,12-13H,6-9H2. The van der Waals surface area contributed by atoms with Crippen LogP contribution in [0.3, 0.4) is 0 Å². The first-order valence-electron chi connectivity index (χ1n) is 5.50. The summed E-state index contributed by atoms with van der Waals surface area (Å²) in [5.74, 6) is 3.10.